The molecule has 3 aliphatic rings. The number of nitrogens with zero attached hydrogens (tertiary/aromatic N) is 1. The predicted octanol–water partition coefficient (Wildman–Crippen LogP) is 2.84. The van der Waals surface area contributed by atoms with Crippen molar-refractivity contribution >= 4 is 5.91 Å². The summed E-state index contributed by atoms with van der Waals surface area (Å²) < 4.78 is 0. The Labute approximate surface area is 120 Å². The van der Waals surface area contributed by atoms with Gasteiger partial charge in [-0.3, -0.25) is 10.1 Å². The van der Waals surface area contributed by atoms with E-state index >= 15 is 0 Å². The van der Waals surface area contributed by atoms with Crippen LogP contribution in [0.25, 0.3) is 0 Å². The molecular formula is C17H22N2O. The highest BCUT2D eigenvalue weighted by Gasteiger charge is 2.63. The first-order valence-corrected chi connectivity index (χ1v) is 7.71. The lowest BCUT2D eigenvalue weighted by atomic mass is 9.94. The van der Waals surface area contributed by atoms with Crippen LogP contribution in [-0.2, 0) is 4.79 Å². The van der Waals surface area contributed by atoms with Crippen molar-refractivity contribution in [2.24, 2.45) is 5.92 Å². The van der Waals surface area contributed by atoms with E-state index in [9.17, 15) is 4.79 Å². The summed E-state index contributed by atoms with van der Waals surface area (Å²) in [6.07, 6.45) is 4.54. The van der Waals surface area contributed by atoms with Crippen molar-refractivity contribution in [2.75, 3.05) is 0 Å². The molecule has 1 spiro atoms. The van der Waals surface area contributed by atoms with E-state index in [0.29, 0.717) is 11.8 Å². The molecule has 1 unspecified atom stereocenters. The summed E-state index contributed by atoms with van der Waals surface area (Å²) in [6.45, 7) is 4.48. The Morgan fingerprint density at radius 1 is 1.20 bits per heavy atom. The van der Waals surface area contributed by atoms with Crippen LogP contribution in [0.2, 0.25) is 0 Å². The van der Waals surface area contributed by atoms with E-state index in [1.54, 1.807) is 0 Å². The standard InChI is InChI=1S/C17H22N2O/c1-16(2,13-8-9-13)19-14(12-6-4-3-5-7-12)18-17(10-11-17)15(19)20/h3-7,13-14,18H,8-11H2,1-2H3. The molecule has 1 aliphatic heterocycles. The number of amides is 1. The Kier molecular flexibility index (Phi) is 2.39. The third kappa shape index (κ3) is 1.65. The number of benzene rings is 1. The average molecular weight is 270 g/mol. The summed E-state index contributed by atoms with van der Waals surface area (Å²) in [5, 5.41) is 3.62. The minimum Gasteiger partial charge on any atom is -0.316 e. The predicted molar refractivity (Wildman–Crippen MR) is 77.9 cm³/mol. The van der Waals surface area contributed by atoms with Crippen molar-refractivity contribution in [3.8, 4) is 0 Å². The van der Waals surface area contributed by atoms with Crippen LogP contribution < -0.4 is 5.32 Å². The zero-order chi connectivity index (χ0) is 14.0. The molecule has 3 fully saturated rings. The number of carbonyl (C=O) groups is 1. The summed E-state index contributed by atoms with van der Waals surface area (Å²) in [7, 11) is 0. The highest BCUT2D eigenvalue weighted by atomic mass is 16.2. The summed E-state index contributed by atoms with van der Waals surface area (Å²) in [5.41, 5.74) is 0.918. The van der Waals surface area contributed by atoms with Gasteiger partial charge in [0.2, 0.25) is 5.91 Å². The largest absolute Gasteiger partial charge is 0.316 e. The molecule has 2 aliphatic carbocycles. The number of hydrogen-bond acceptors (Lipinski definition) is 2. The van der Waals surface area contributed by atoms with Gasteiger partial charge in [0.05, 0.1) is 0 Å². The maximum Gasteiger partial charge on any atom is 0.244 e. The van der Waals surface area contributed by atoms with Crippen molar-refractivity contribution in [3.63, 3.8) is 0 Å². The van der Waals surface area contributed by atoms with E-state index in [4.69, 9.17) is 0 Å². The number of nitrogens with one attached hydrogen (secondary N) is 1. The molecule has 1 heterocycles. The van der Waals surface area contributed by atoms with Crippen LogP contribution in [0.1, 0.15) is 51.3 Å². The van der Waals surface area contributed by atoms with Gasteiger partial charge in [-0.2, -0.15) is 0 Å². The van der Waals surface area contributed by atoms with E-state index in [2.05, 4.69) is 48.3 Å². The van der Waals surface area contributed by atoms with Crippen LogP contribution in [0.4, 0.5) is 0 Å². The molecule has 1 N–H and O–H groups in total. The number of hydrogen-bond donors (Lipinski definition) is 1. The smallest absolute Gasteiger partial charge is 0.244 e. The molecule has 1 aromatic rings. The molecule has 1 saturated heterocycles. The van der Waals surface area contributed by atoms with Gasteiger partial charge in [0, 0.05) is 5.54 Å². The van der Waals surface area contributed by atoms with E-state index in [0.717, 1.165) is 12.8 Å². The fourth-order valence-corrected chi connectivity index (χ4v) is 3.67. The van der Waals surface area contributed by atoms with Crippen molar-refractivity contribution in [1.82, 2.24) is 10.2 Å². The molecule has 3 heteroatoms. The molecule has 0 radical (unpaired) electrons. The SMILES string of the molecule is CC(C)(C1CC1)N1C(=O)C2(CC2)NC1c1ccccc1. The second-order valence-electron chi connectivity index (χ2n) is 7.14. The van der Waals surface area contributed by atoms with Gasteiger partial charge in [-0.1, -0.05) is 30.3 Å². The molecule has 106 valence electrons. The Morgan fingerprint density at radius 3 is 2.40 bits per heavy atom. The van der Waals surface area contributed by atoms with Crippen molar-refractivity contribution in [1.29, 1.82) is 0 Å². The fraction of sp³-hybridized carbons (Fsp3) is 0.588. The Balaban J connectivity index is 1.74. The van der Waals surface area contributed by atoms with Gasteiger partial charge in [0.1, 0.15) is 11.7 Å². The lowest BCUT2D eigenvalue weighted by Crippen LogP contribution is -2.49. The minimum atomic E-state index is -0.243. The van der Waals surface area contributed by atoms with E-state index in [1.807, 2.05) is 6.07 Å². The van der Waals surface area contributed by atoms with Crippen LogP contribution in [0.3, 0.4) is 0 Å². The van der Waals surface area contributed by atoms with Crippen molar-refractivity contribution in [2.45, 2.75) is 56.8 Å². The third-order valence-corrected chi connectivity index (χ3v) is 5.36. The number of rotatable bonds is 3. The topological polar surface area (TPSA) is 32.3 Å². The lowest BCUT2D eigenvalue weighted by molar-refractivity contribution is -0.137. The third-order valence-electron chi connectivity index (χ3n) is 5.36. The maximum atomic E-state index is 12.9. The van der Waals surface area contributed by atoms with Gasteiger partial charge in [-0.15, -0.1) is 0 Å². The second kappa shape index (κ2) is 3.85. The summed E-state index contributed by atoms with van der Waals surface area (Å²) in [5.74, 6) is 0.983. The van der Waals surface area contributed by atoms with E-state index < -0.39 is 0 Å². The molecule has 20 heavy (non-hydrogen) atoms. The number of carbonyl (C=O) groups excluding carboxylic acids is 1. The minimum absolute atomic E-state index is 0.0433. The van der Waals surface area contributed by atoms with Gasteiger partial charge < -0.3 is 4.90 Å². The average Bonchev–Trinajstić information content (AvgIpc) is 3.31. The molecular weight excluding hydrogens is 248 g/mol. The highest BCUT2D eigenvalue weighted by Crippen LogP contribution is 2.53. The highest BCUT2D eigenvalue weighted by molar-refractivity contribution is 5.92. The molecule has 3 nitrogen and oxygen atoms in total. The lowest BCUT2D eigenvalue weighted by Gasteiger charge is -2.40. The van der Waals surface area contributed by atoms with Crippen LogP contribution in [-0.4, -0.2) is 21.9 Å². The molecule has 2 saturated carbocycles. The summed E-state index contributed by atoms with van der Waals surface area (Å²) >= 11 is 0. The van der Waals surface area contributed by atoms with Crippen LogP contribution in [0.5, 0.6) is 0 Å². The van der Waals surface area contributed by atoms with E-state index in [1.165, 1.54) is 18.4 Å². The second-order valence-corrected chi connectivity index (χ2v) is 7.14. The molecule has 1 amide bonds. The van der Waals surface area contributed by atoms with Crippen LogP contribution >= 0.6 is 0 Å². The molecule has 0 bridgehead atoms. The van der Waals surface area contributed by atoms with Gasteiger partial charge in [0.15, 0.2) is 0 Å². The summed E-state index contributed by atoms with van der Waals surface area (Å²) in [4.78, 5) is 15.1. The molecule has 4 rings (SSSR count). The fourth-order valence-electron chi connectivity index (χ4n) is 3.67. The first-order chi connectivity index (χ1) is 9.55. The van der Waals surface area contributed by atoms with Crippen molar-refractivity contribution in [3.05, 3.63) is 35.9 Å². The van der Waals surface area contributed by atoms with E-state index in [-0.39, 0.29) is 17.2 Å². The first-order valence-electron chi connectivity index (χ1n) is 7.71. The maximum absolute atomic E-state index is 12.9. The quantitative estimate of drug-likeness (QED) is 0.916. The van der Waals surface area contributed by atoms with Gasteiger partial charge in [0.25, 0.3) is 0 Å². The van der Waals surface area contributed by atoms with Gasteiger partial charge in [-0.05, 0) is 51.0 Å². The van der Waals surface area contributed by atoms with Crippen LogP contribution in [0.15, 0.2) is 30.3 Å². The Hall–Kier alpha value is -1.35. The summed E-state index contributed by atoms with van der Waals surface area (Å²) in [6, 6.07) is 10.4. The van der Waals surface area contributed by atoms with Crippen molar-refractivity contribution < 1.29 is 4.79 Å². The Bertz CT molecular complexity index is 543. The molecule has 1 aromatic carbocycles. The zero-order valence-electron chi connectivity index (χ0n) is 12.2. The van der Waals surface area contributed by atoms with Gasteiger partial charge in [-0.25, -0.2) is 0 Å². The van der Waals surface area contributed by atoms with Gasteiger partial charge >= 0.3 is 0 Å². The molecule has 0 aromatic heterocycles. The normalized spacial score (nSPS) is 28.2. The molecule has 1 atom stereocenters. The first kappa shape index (κ1) is 12.4. The zero-order valence-corrected chi connectivity index (χ0v) is 12.2. The Morgan fingerprint density at radius 2 is 1.85 bits per heavy atom. The monoisotopic (exact) mass is 270 g/mol. The van der Waals surface area contributed by atoms with Crippen LogP contribution in [0, 0.1) is 5.92 Å².